The van der Waals surface area contributed by atoms with Crippen molar-refractivity contribution in [3.05, 3.63) is 72.3 Å². The molecular formula is C24H29NO2. The molecule has 3 nitrogen and oxygen atoms in total. The van der Waals surface area contributed by atoms with Crippen LogP contribution in [-0.4, -0.2) is 17.1 Å². The lowest BCUT2D eigenvalue weighted by molar-refractivity contribution is -0.125. The summed E-state index contributed by atoms with van der Waals surface area (Å²) in [7, 11) is 0. The van der Waals surface area contributed by atoms with Gasteiger partial charge in [0.15, 0.2) is 0 Å². The summed E-state index contributed by atoms with van der Waals surface area (Å²) in [6.45, 7) is 0. The van der Waals surface area contributed by atoms with Gasteiger partial charge in [-0.2, -0.15) is 0 Å². The molecule has 1 aliphatic carbocycles. The van der Waals surface area contributed by atoms with Crippen LogP contribution in [0.3, 0.4) is 0 Å². The van der Waals surface area contributed by atoms with Crippen LogP contribution in [0, 0.1) is 11.8 Å². The number of hydrogen-bond donors (Lipinski definition) is 2. The van der Waals surface area contributed by atoms with Gasteiger partial charge in [-0.3, -0.25) is 4.79 Å². The van der Waals surface area contributed by atoms with Gasteiger partial charge in [0.25, 0.3) is 0 Å². The van der Waals surface area contributed by atoms with Crippen molar-refractivity contribution in [2.75, 3.05) is 5.32 Å². The minimum absolute atomic E-state index is 0.100. The van der Waals surface area contributed by atoms with Crippen molar-refractivity contribution in [3.8, 4) is 0 Å². The highest BCUT2D eigenvalue weighted by Crippen LogP contribution is 2.31. The van der Waals surface area contributed by atoms with Crippen LogP contribution in [0.25, 0.3) is 6.08 Å². The van der Waals surface area contributed by atoms with Crippen molar-refractivity contribution in [3.63, 3.8) is 0 Å². The van der Waals surface area contributed by atoms with Gasteiger partial charge >= 0.3 is 0 Å². The molecule has 0 saturated heterocycles. The molecule has 0 bridgehead atoms. The molecule has 2 aromatic carbocycles. The van der Waals surface area contributed by atoms with Crippen molar-refractivity contribution < 1.29 is 9.90 Å². The van der Waals surface area contributed by atoms with E-state index in [1.54, 1.807) is 0 Å². The Morgan fingerprint density at radius 2 is 1.63 bits per heavy atom. The number of benzene rings is 2. The Morgan fingerprint density at radius 1 is 1.00 bits per heavy atom. The fourth-order valence-electron chi connectivity index (χ4n) is 3.88. The summed E-state index contributed by atoms with van der Waals surface area (Å²) < 4.78 is 0. The van der Waals surface area contributed by atoms with Gasteiger partial charge in [-0.25, -0.2) is 0 Å². The van der Waals surface area contributed by atoms with Crippen molar-refractivity contribution in [1.82, 2.24) is 0 Å². The van der Waals surface area contributed by atoms with Crippen LogP contribution < -0.4 is 5.32 Å². The van der Waals surface area contributed by atoms with E-state index >= 15 is 0 Å². The molecule has 2 atom stereocenters. The molecule has 0 unspecified atom stereocenters. The van der Waals surface area contributed by atoms with Gasteiger partial charge in [-0.15, -0.1) is 0 Å². The van der Waals surface area contributed by atoms with E-state index in [0.717, 1.165) is 36.9 Å². The number of allylic oxidation sites excluding steroid dienone is 1. The normalized spacial score (nSPS) is 17.5. The van der Waals surface area contributed by atoms with Crippen molar-refractivity contribution >= 4 is 17.7 Å². The number of aliphatic hydroxyl groups is 1. The van der Waals surface area contributed by atoms with E-state index in [0.29, 0.717) is 6.42 Å². The Bertz CT molecular complexity index is 721. The van der Waals surface area contributed by atoms with Crippen molar-refractivity contribution in [2.45, 2.75) is 44.6 Å². The lowest BCUT2D eigenvalue weighted by Gasteiger charge is -2.31. The molecule has 0 spiro atoms. The smallest absolute Gasteiger partial charge is 0.230 e. The van der Waals surface area contributed by atoms with Gasteiger partial charge in [-0.05, 0) is 42.9 Å². The molecule has 0 aromatic heterocycles. The number of carbonyl (C=O) groups excluding carboxylic acids is 1. The van der Waals surface area contributed by atoms with Gasteiger partial charge < -0.3 is 10.4 Å². The fraction of sp³-hybridized carbons (Fsp3) is 0.375. The second-order valence-corrected chi connectivity index (χ2v) is 7.40. The quantitative estimate of drug-likeness (QED) is 0.702. The second kappa shape index (κ2) is 10.1. The molecule has 1 saturated carbocycles. The zero-order valence-electron chi connectivity index (χ0n) is 15.8. The number of para-hydroxylation sites is 1. The Balaban J connectivity index is 1.70. The molecule has 1 amide bonds. The maximum atomic E-state index is 12.9. The molecule has 27 heavy (non-hydrogen) atoms. The maximum Gasteiger partial charge on any atom is 0.230 e. The van der Waals surface area contributed by atoms with Crippen LogP contribution in [0.4, 0.5) is 5.69 Å². The summed E-state index contributed by atoms with van der Waals surface area (Å²) in [5, 5.41) is 14.0. The molecule has 1 fully saturated rings. The van der Waals surface area contributed by atoms with E-state index in [4.69, 9.17) is 0 Å². The summed E-state index contributed by atoms with van der Waals surface area (Å²) in [6.07, 6.45) is 9.52. The Hall–Kier alpha value is -2.39. The van der Waals surface area contributed by atoms with Crippen LogP contribution in [0.1, 0.15) is 44.1 Å². The average Bonchev–Trinajstić information content (AvgIpc) is 2.73. The molecule has 142 valence electrons. The number of anilines is 1. The lowest BCUT2D eigenvalue weighted by Crippen LogP contribution is -2.38. The van der Waals surface area contributed by atoms with Crippen LogP contribution in [0.2, 0.25) is 0 Å². The Morgan fingerprint density at radius 3 is 2.30 bits per heavy atom. The molecule has 3 heteroatoms. The first-order valence-electron chi connectivity index (χ1n) is 9.99. The summed E-state index contributed by atoms with van der Waals surface area (Å²) in [5.74, 6) is -0.319. The van der Waals surface area contributed by atoms with Gasteiger partial charge in [0.05, 0.1) is 12.0 Å². The molecule has 2 aromatic rings. The first-order chi connectivity index (χ1) is 13.2. The molecule has 1 aliphatic rings. The average molecular weight is 364 g/mol. The van der Waals surface area contributed by atoms with E-state index in [1.165, 1.54) is 6.42 Å². The van der Waals surface area contributed by atoms with Crippen LogP contribution in [0.5, 0.6) is 0 Å². The third-order valence-electron chi connectivity index (χ3n) is 5.42. The molecule has 2 N–H and O–H groups in total. The predicted molar refractivity (Wildman–Crippen MR) is 111 cm³/mol. The highest BCUT2D eigenvalue weighted by molar-refractivity contribution is 5.93. The predicted octanol–water partition coefficient (Wildman–Crippen LogP) is 5.29. The van der Waals surface area contributed by atoms with Gasteiger partial charge in [0, 0.05) is 5.69 Å². The van der Waals surface area contributed by atoms with Gasteiger partial charge in [0.1, 0.15) is 0 Å². The molecular weight excluding hydrogens is 334 g/mol. The first kappa shape index (κ1) is 19.4. The third-order valence-corrected chi connectivity index (χ3v) is 5.42. The zero-order valence-corrected chi connectivity index (χ0v) is 15.8. The topological polar surface area (TPSA) is 49.3 Å². The van der Waals surface area contributed by atoms with Crippen LogP contribution in [0.15, 0.2) is 66.7 Å². The Labute approximate surface area is 162 Å². The van der Waals surface area contributed by atoms with E-state index in [-0.39, 0.29) is 11.8 Å². The van der Waals surface area contributed by atoms with E-state index in [1.807, 2.05) is 72.8 Å². The van der Waals surface area contributed by atoms with E-state index in [2.05, 4.69) is 5.32 Å². The van der Waals surface area contributed by atoms with Crippen LogP contribution in [-0.2, 0) is 4.79 Å². The van der Waals surface area contributed by atoms with Crippen molar-refractivity contribution in [2.24, 2.45) is 11.8 Å². The number of hydrogen-bond acceptors (Lipinski definition) is 2. The number of aliphatic hydroxyl groups excluding tert-OH is 1. The summed E-state index contributed by atoms with van der Waals surface area (Å²) >= 11 is 0. The molecule has 0 heterocycles. The van der Waals surface area contributed by atoms with Crippen LogP contribution >= 0.6 is 0 Å². The summed E-state index contributed by atoms with van der Waals surface area (Å²) in [4.78, 5) is 12.9. The standard InChI is InChI=1S/C24H29NO2/c26-23(20-14-6-2-7-15-20)22(18-10-13-19-11-4-1-5-12-19)24(27)25-21-16-8-3-9-17-21/h1,3-5,8-13,16-17,20,22-23,26H,2,6-7,14-15,18H2,(H,25,27)/b13-10+/t22-,23+/m1/s1. The number of nitrogens with one attached hydrogen (secondary N) is 1. The number of amides is 1. The molecule has 0 radical (unpaired) electrons. The Kier molecular flexibility index (Phi) is 7.23. The van der Waals surface area contributed by atoms with E-state index in [9.17, 15) is 9.90 Å². The third kappa shape index (κ3) is 5.80. The highest BCUT2D eigenvalue weighted by Gasteiger charge is 2.32. The summed E-state index contributed by atoms with van der Waals surface area (Å²) in [6, 6.07) is 19.5. The summed E-state index contributed by atoms with van der Waals surface area (Å²) in [5.41, 5.74) is 1.88. The van der Waals surface area contributed by atoms with Crippen molar-refractivity contribution in [1.29, 1.82) is 0 Å². The maximum absolute atomic E-state index is 12.9. The minimum atomic E-state index is -0.602. The van der Waals surface area contributed by atoms with E-state index < -0.39 is 12.0 Å². The first-order valence-corrected chi connectivity index (χ1v) is 9.99. The SMILES string of the molecule is O=C(Nc1ccccc1)[C@H](C/C=C/c1ccccc1)[C@@H](O)C1CCCCC1. The zero-order chi connectivity index (χ0) is 18.9. The second-order valence-electron chi connectivity index (χ2n) is 7.40. The highest BCUT2D eigenvalue weighted by atomic mass is 16.3. The fourth-order valence-corrected chi connectivity index (χ4v) is 3.88. The lowest BCUT2D eigenvalue weighted by atomic mass is 9.79. The largest absolute Gasteiger partial charge is 0.392 e. The van der Waals surface area contributed by atoms with Gasteiger partial charge in [-0.1, -0.05) is 79.9 Å². The molecule has 3 rings (SSSR count). The van der Waals surface area contributed by atoms with Gasteiger partial charge in [0.2, 0.25) is 5.91 Å². The number of rotatable bonds is 7. The molecule has 0 aliphatic heterocycles. The monoisotopic (exact) mass is 363 g/mol. The minimum Gasteiger partial charge on any atom is -0.392 e. The number of carbonyl (C=O) groups is 1.